The summed E-state index contributed by atoms with van der Waals surface area (Å²) in [5, 5.41) is 0. The van der Waals surface area contributed by atoms with Crippen LogP contribution in [0.3, 0.4) is 0 Å². The molecule has 0 N–H and O–H groups in total. The molecule has 0 radical (unpaired) electrons. The van der Waals surface area contributed by atoms with Crippen molar-refractivity contribution in [3.05, 3.63) is 54.3 Å². The maximum Gasteiger partial charge on any atom is 0.243 e. The number of ether oxygens (including phenoxy) is 1. The van der Waals surface area contributed by atoms with E-state index >= 15 is 0 Å². The number of sulfonamides is 1. The average molecular weight is 442 g/mol. The van der Waals surface area contributed by atoms with Gasteiger partial charge in [-0.1, -0.05) is 0 Å². The number of aromatic nitrogens is 2. The van der Waals surface area contributed by atoms with Crippen molar-refractivity contribution in [3.63, 3.8) is 0 Å². The van der Waals surface area contributed by atoms with Crippen LogP contribution in [0.1, 0.15) is 36.8 Å². The van der Waals surface area contributed by atoms with Crippen LogP contribution in [0.2, 0.25) is 0 Å². The van der Waals surface area contributed by atoms with Gasteiger partial charge in [0.1, 0.15) is 12.5 Å². The molecule has 3 aliphatic heterocycles. The minimum atomic E-state index is -3.36. The molecule has 0 saturated carbocycles. The van der Waals surface area contributed by atoms with Crippen molar-refractivity contribution in [2.24, 2.45) is 4.99 Å². The fraction of sp³-hybridized carbons (Fsp3) is 0.455. The van der Waals surface area contributed by atoms with Crippen molar-refractivity contribution in [1.29, 1.82) is 0 Å². The molecule has 9 heteroatoms. The lowest BCUT2D eigenvalue weighted by Gasteiger charge is -2.30. The van der Waals surface area contributed by atoms with Gasteiger partial charge in [0.25, 0.3) is 0 Å². The molecule has 0 amide bonds. The molecular formula is C22H27N5O3S. The third-order valence-electron chi connectivity index (χ3n) is 6.23. The third-order valence-corrected chi connectivity index (χ3v) is 8.14. The fourth-order valence-corrected chi connectivity index (χ4v) is 5.80. The first kappa shape index (κ1) is 20.4. The van der Waals surface area contributed by atoms with Crippen LogP contribution >= 0.6 is 0 Å². The van der Waals surface area contributed by atoms with E-state index in [1.807, 2.05) is 42.4 Å². The van der Waals surface area contributed by atoms with Crippen LogP contribution in [0.25, 0.3) is 0 Å². The second kappa shape index (κ2) is 8.22. The summed E-state index contributed by atoms with van der Waals surface area (Å²) in [6, 6.07) is 7.43. The molecule has 0 spiro atoms. The van der Waals surface area contributed by atoms with Crippen molar-refractivity contribution in [2.45, 2.75) is 37.1 Å². The highest BCUT2D eigenvalue weighted by molar-refractivity contribution is 7.89. The summed E-state index contributed by atoms with van der Waals surface area (Å²) in [6.07, 6.45) is 8.81. The molecule has 0 atom stereocenters. The Labute approximate surface area is 182 Å². The molecule has 0 bridgehead atoms. The zero-order chi connectivity index (χ0) is 21.4. The van der Waals surface area contributed by atoms with Crippen LogP contribution in [0.4, 0.5) is 5.69 Å². The first-order valence-corrected chi connectivity index (χ1v) is 12.2. The summed E-state index contributed by atoms with van der Waals surface area (Å²) in [6.45, 7) is 5.29. The number of rotatable bonds is 5. The van der Waals surface area contributed by atoms with E-state index in [9.17, 15) is 8.42 Å². The lowest BCUT2D eigenvalue weighted by Crippen LogP contribution is -2.41. The Morgan fingerprint density at radius 1 is 1.10 bits per heavy atom. The Hall–Kier alpha value is -2.49. The maximum atomic E-state index is 12.5. The van der Waals surface area contributed by atoms with Gasteiger partial charge in [-0.25, -0.2) is 13.4 Å². The first-order valence-electron chi connectivity index (χ1n) is 10.8. The van der Waals surface area contributed by atoms with Gasteiger partial charge in [0.05, 0.1) is 22.5 Å². The molecule has 5 rings (SSSR count). The lowest BCUT2D eigenvalue weighted by molar-refractivity contribution is 0.0689. The largest absolute Gasteiger partial charge is 0.381 e. The van der Waals surface area contributed by atoms with E-state index in [0.29, 0.717) is 30.7 Å². The van der Waals surface area contributed by atoms with Gasteiger partial charge >= 0.3 is 0 Å². The molecule has 164 valence electrons. The monoisotopic (exact) mass is 441 g/mol. The highest BCUT2D eigenvalue weighted by Gasteiger charge is 2.29. The van der Waals surface area contributed by atoms with Crippen molar-refractivity contribution < 1.29 is 13.2 Å². The molecule has 0 unspecified atom stereocenters. The molecular weight excluding hydrogens is 414 g/mol. The topological polar surface area (TPSA) is 80.0 Å². The summed E-state index contributed by atoms with van der Waals surface area (Å²) in [7, 11) is -3.36. The Kier molecular flexibility index (Phi) is 5.41. The lowest BCUT2D eigenvalue weighted by atomic mass is 10.1. The zero-order valence-corrected chi connectivity index (χ0v) is 18.5. The smallest absolute Gasteiger partial charge is 0.243 e. The summed E-state index contributed by atoms with van der Waals surface area (Å²) in [5.74, 6) is 0.999. The Morgan fingerprint density at radius 3 is 2.45 bits per heavy atom. The first-order chi connectivity index (χ1) is 15.0. The molecule has 3 aliphatic rings. The van der Waals surface area contributed by atoms with Crippen LogP contribution in [-0.4, -0.2) is 61.0 Å². The highest BCUT2D eigenvalue weighted by atomic mass is 32.2. The van der Waals surface area contributed by atoms with E-state index in [4.69, 9.17) is 9.73 Å². The quantitative estimate of drug-likeness (QED) is 0.713. The number of hydrogen-bond acceptors (Lipinski definition) is 6. The number of hydrogen-bond donors (Lipinski definition) is 0. The van der Waals surface area contributed by atoms with Crippen LogP contribution in [-0.2, 0) is 14.8 Å². The molecule has 4 heterocycles. The number of imidazole rings is 1. The summed E-state index contributed by atoms with van der Waals surface area (Å²) < 4.78 is 34.4. The molecule has 2 fully saturated rings. The Morgan fingerprint density at radius 2 is 1.84 bits per heavy atom. The number of anilines is 1. The van der Waals surface area contributed by atoms with Crippen molar-refractivity contribution in [3.8, 4) is 0 Å². The number of benzene rings is 1. The van der Waals surface area contributed by atoms with Crippen molar-refractivity contribution in [1.82, 2.24) is 13.9 Å². The van der Waals surface area contributed by atoms with Gasteiger partial charge in [-0.05, 0) is 56.5 Å². The maximum absolute atomic E-state index is 12.5. The number of nitrogens with zero attached hydrogens (tertiary/aromatic N) is 5. The minimum absolute atomic E-state index is 0.344. The Balaban J connectivity index is 1.31. The molecule has 2 aromatic rings. The molecule has 8 nitrogen and oxygen atoms in total. The fourth-order valence-electron chi connectivity index (χ4n) is 4.28. The summed E-state index contributed by atoms with van der Waals surface area (Å²) in [4.78, 5) is 11.7. The Bertz CT molecular complexity index is 1110. The van der Waals surface area contributed by atoms with Gasteiger partial charge in [0.2, 0.25) is 10.0 Å². The van der Waals surface area contributed by atoms with E-state index in [1.165, 1.54) is 4.31 Å². The van der Waals surface area contributed by atoms with E-state index < -0.39 is 10.0 Å². The molecule has 0 aliphatic carbocycles. The molecule has 1 aromatic carbocycles. The second-order valence-corrected chi connectivity index (χ2v) is 10.1. The van der Waals surface area contributed by atoms with Crippen LogP contribution < -0.4 is 4.90 Å². The van der Waals surface area contributed by atoms with Gasteiger partial charge in [-0.15, -0.1) is 0 Å². The van der Waals surface area contributed by atoms with Crippen molar-refractivity contribution in [2.75, 3.05) is 37.9 Å². The van der Waals surface area contributed by atoms with Crippen LogP contribution in [0.15, 0.2) is 52.6 Å². The third kappa shape index (κ3) is 3.81. The van der Waals surface area contributed by atoms with Gasteiger partial charge in [-0.2, -0.15) is 4.31 Å². The average Bonchev–Trinajstić information content (AvgIpc) is 3.14. The van der Waals surface area contributed by atoms with Crippen LogP contribution in [0.5, 0.6) is 0 Å². The zero-order valence-electron chi connectivity index (χ0n) is 17.6. The normalized spacial score (nSPS) is 20.5. The van der Waals surface area contributed by atoms with Gasteiger partial charge in [0.15, 0.2) is 0 Å². The SMILES string of the molecule is Cc1ncc(C2=NCN(c3ccc(S(=O)(=O)N4CCC4)cc3)C=C2)n1C1CCOCC1. The highest BCUT2D eigenvalue weighted by Crippen LogP contribution is 2.27. The van der Waals surface area contributed by atoms with E-state index in [0.717, 1.165) is 55.4 Å². The van der Waals surface area contributed by atoms with E-state index in [1.54, 1.807) is 12.1 Å². The molecule has 31 heavy (non-hydrogen) atoms. The summed E-state index contributed by atoms with van der Waals surface area (Å²) >= 11 is 0. The molecule has 1 aromatic heterocycles. The van der Waals surface area contributed by atoms with Gasteiger partial charge in [0, 0.05) is 44.2 Å². The van der Waals surface area contributed by atoms with E-state index in [-0.39, 0.29) is 0 Å². The number of allylic oxidation sites excluding steroid dienone is 1. The predicted molar refractivity (Wildman–Crippen MR) is 119 cm³/mol. The minimum Gasteiger partial charge on any atom is -0.381 e. The van der Waals surface area contributed by atoms with E-state index in [2.05, 4.69) is 9.55 Å². The number of aliphatic imine (C=N–C) groups is 1. The predicted octanol–water partition coefficient (Wildman–Crippen LogP) is 2.72. The molecule has 2 saturated heterocycles. The van der Waals surface area contributed by atoms with Gasteiger partial charge < -0.3 is 14.2 Å². The van der Waals surface area contributed by atoms with Crippen molar-refractivity contribution >= 4 is 21.4 Å². The van der Waals surface area contributed by atoms with Crippen LogP contribution in [0, 0.1) is 6.92 Å². The second-order valence-electron chi connectivity index (χ2n) is 8.13. The summed E-state index contributed by atoms with van der Waals surface area (Å²) in [5.41, 5.74) is 2.87. The van der Waals surface area contributed by atoms with Gasteiger partial charge in [-0.3, -0.25) is 4.99 Å². The standard InChI is InChI=1S/C22H27N5O3S/c1-17-23-15-22(27(17)19-8-13-30-14-9-19)21-7-12-25(16-24-21)18-3-5-20(6-4-18)31(28,29)26-10-2-11-26/h3-7,12,15,19H,2,8-11,13-14,16H2,1H3. The number of aryl methyl sites for hydroxylation is 1.